The summed E-state index contributed by atoms with van der Waals surface area (Å²) < 4.78 is 0. The van der Waals surface area contributed by atoms with Crippen LogP contribution < -0.4 is 10.6 Å². The summed E-state index contributed by atoms with van der Waals surface area (Å²) in [5, 5.41) is 6.47. The second kappa shape index (κ2) is 1.87. The lowest BCUT2D eigenvalue weighted by Gasteiger charge is -2.01. The monoisotopic (exact) mass is 135 g/mol. The molecule has 0 bridgehead atoms. The quantitative estimate of drug-likeness (QED) is 0.562. The molecule has 2 N–H and O–H groups in total. The Morgan fingerprint density at radius 2 is 2.20 bits per heavy atom. The van der Waals surface area contributed by atoms with Gasteiger partial charge >= 0.3 is 0 Å². The average Bonchev–Trinajstić information content (AvgIpc) is 2.27. The minimum Gasteiger partial charge on any atom is -0.364 e. The first-order valence-electron chi connectivity index (χ1n) is 3.33. The Morgan fingerprint density at radius 1 is 1.40 bits per heavy atom. The molecule has 0 spiro atoms. The van der Waals surface area contributed by atoms with E-state index in [9.17, 15) is 0 Å². The molecule has 0 aliphatic carbocycles. The van der Waals surface area contributed by atoms with Gasteiger partial charge in [-0.2, -0.15) is 0 Å². The van der Waals surface area contributed by atoms with Gasteiger partial charge in [0.05, 0.1) is 23.7 Å². The van der Waals surface area contributed by atoms with Crippen molar-refractivity contribution in [2.75, 3.05) is 10.6 Å². The van der Waals surface area contributed by atoms with Crippen molar-refractivity contribution in [2.24, 2.45) is 0 Å². The smallest absolute Gasteiger partial charge is 0.0936 e. The molecule has 52 valence electrons. The fraction of sp³-hybridized carbons (Fsp3) is 0.286. The Morgan fingerprint density at radius 3 is 3.00 bits per heavy atom. The summed E-state index contributed by atoms with van der Waals surface area (Å²) in [6.07, 6.45) is 3.94. The fourth-order valence-corrected chi connectivity index (χ4v) is 1.14. The molecule has 0 saturated heterocycles. The zero-order valence-electron chi connectivity index (χ0n) is 5.76. The third-order valence-electron chi connectivity index (χ3n) is 1.57. The van der Waals surface area contributed by atoms with Crippen LogP contribution in [0.25, 0.3) is 0 Å². The van der Waals surface area contributed by atoms with E-state index in [1.54, 1.807) is 6.20 Å². The van der Waals surface area contributed by atoms with E-state index in [4.69, 9.17) is 0 Å². The van der Waals surface area contributed by atoms with Crippen LogP contribution in [0.2, 0.25) is 0 Å². The van der Waals surface area contributed by atoms with Crippen LogP contribution in [-0.4, -0.2) is 11.1 Å². The minimum atomic E-state index is 0.333. The van der Waals surface area contributed by atoms with E-state index in [-0.39, 0.29) is 0 Å². The van der Waals surface area contributed by atoms with Gasteiger partial charge in [-0.3, -0.25) is 4.98 Å². The van der Waals surface area contributed by atoms with Crippen molar-refractivity contribution < 1.29 is 0 Å². The van der Waals surface area contributed by atoms with Crippen LogP contribution in [-0.2, 0) is 0 Å². The van der Waals surface area contributed by atoms with Crippen LogP contribution in [0, 0.1) is 0 Å². The van der Waals surface area contributed by atoms with E-state index in [1.165, 1.54) is 0 Å². The largest absolute Gasteiger partial charge is 0.364 e. The second-order valence-corrected chi connectivity index (χ2v) is 2.43. The van der Waals surface area contributed by atoms with Gasteiger partial charge in [0, 0.05) is 6.20 Å². The van der Waals surface area contributed by atoms with E-state index in [0.717, 1.165) is 11.4 Å². The maximum atomic E-state index is 3.99. The summed E-state index contributed by atoms with van der Waals surface area (Å²) >= 11 is 0. The van der Waals surface area contributed by atoms with E-state index < -0.39 is 0 Å². The highest BCUT2D eigenvalue weighted by Gasteiger charge is 2.13. The van der Waals surface area contributed by atoms with Gasteiger partial charge in [-0.15, -0.1) is 0 Å². The van der Waals surface area contributed by atoms with Crippen molar-refractivity contribution in [1.29, 1.82) is 0 Å². The molecule has 2 rings (SSSR count). The van der Waals surface area contributed by atoms with E-state index in [2.05, 4.69) is 22.5 Å². The molecule has 1 aliphatic heterocycles. The summed E-state index contributed by atoms with van der Waals surface area (Å²) in [5.74, 6) is 0. The molecule has 1 aliphatic rings. The van der Waals surface area contributed by atoms with Crippen LogP contribution in [0.1, 0.15) is 6.92 Å². The number of aromatic nitrogens is 1. The molecule has 0 radical (unpaired) electrons. The van der Waals surface area contributed by atoms with Gasteiger partial charge in [0.1, 0.15) is 0 Å². The van der Waals surface area contributed by atoms with Gasteiger partial charge < -0.3 is 10.6 Å². The molecule has 2 heterocycles. The molecule has 0 saturated carbocycles. The zero-order valence-corrected chi connectivity index (χ0v) is 5.76. The molecule has 0 fully saturated rings. The minimum absolute atomic E-state index is 0.333. The van der Waals surface area contributed by atoms with Crippen LogP contribution in [0.5, 0.6) is 0 Å². The number of hydrogen-bond donors (Lipinski definition) is 2. The SMILES string of the molecule is CC1Nc2ccncc2N1. The topological polar surface area (TPSA) is 37.0 Å². The van der Waals surface area contributed by atoms with Gasteiger partial charge in [-0.05, 0) is 13.0 Å². The van der Waals surface area contributed by atoms with Gasteiger partial charge in [-0.25, -0.2) is 0 Å². The molecule has 1 unspecified atom stereocenters. The highest BCUT2D eigenvalue weighted by atomic mass is 15.2. The second-order valence-electron chi connectivity index (χ2n) is 2.43. The number of hydrogen-bond acceptors (Lipinski definition) is 3. The highest BCUT2D eigenvalue weighted by Crippen LogP contribution is 2.26. The Labute approximate surface area is 59.5 Å². The van der Waals surface area contributed by atoms with E-state index in [1.807, 2.05) is 12.3 Å². The summed E-state index contributed by atoms with van der Waals surface area (Å²) in [6, 6.07) is 1.96. The summed E-state index contributed by atoms with van der Waals surface area (Å²) in [4.78, 5) is 3.99. The van der Waals surface area contributed by atoms with E-state index in [0.29, 0.717) is 6.17 Å². The molecule has 1 atom stereocenters. The highest BCUT2D eigenvalue weighted by molar-refractivity contribution is 5.72. The van der Waals surface area contributed by atoms with Crippen molar-refractivity contribution in [3.05, 3.63) is 18.5 Å². The number of fused-ring (bicyclic) bond motifs is 1. The molecule has 10 heavy (non-hydrogen) atoms. The van der Waals surface area contributed by atoms with Crippen molar-refractivity contribution in [2.45, 2.75) is 13.1 Å². The first-order chi connectivity index (χ1) is 4.86. The van der Waals surface area contributed by atoms with Crippen LogP contribution in [0.3, 0.4) is 0 Å². The summed E-state index contributed by atoms with van der Waals surface area (Å²) in [5.41, 5.74) is 2.23. The number of nitrogens with one attached hydrogen (secondary N) is 2. The number of rotatable bonds is 0. The Hall–Kier alpha value is -1.25. The molecule has 3 nitrogen and oxygen atoms in total. The summed E-state index contributed by atoms with van der Waals surface area (Å²) in [6.45, 7) is 2.07. The van der Waals surface area contributed by atoms with E-state index >= 15 is 0 Å². The van der Waals surface area contributed by atoms with Crippen molar-refractivity contribution in [3.63, 3.8) is 0 Å². The Balaban J connectivity index is 2.42. The number of anilines is 2. The first kappa shape index (κ1) is 5.53. The lowest BCUT2D eigenvalue weighted by atomic mass is 10.4. The molecule has 0 amide bonds. The molecular formula is C7H9N3. The normalized spacial score (nSPS) is 21.1. The molecule has 0 aromatic carbocycles. The average molecular weight is 135 g/mol. The fourth-order valence-electron chi connectivity index (χ4n) is 1.14. The van der Waals surface area contributed by atoms with Gasteiger partial charge in [-0.1, -0.05) is 0 Å². The first-order valence-corrected chi connectivity index (χ1v) is 3.33. The molecular weight excluding hydrogens is 126 g/mol. The molecule has 1 aromatic rings. The lowest BCUT2D eigenvalue weighted by Crippen LogP contribution is -2.16. The van der Waals surface area contributed by atoms with Gasteiger partial charge in [0.15, 0.2) is 0 Å². The Bertz CT molecular complexity index is 221. The van der Waals surface area contributed by atoms with Crippen LogP contribution >= 0.6 is 0 Å². The Kier molecular flexibility index (Phi) is 1.03. The zero-order chi connectivity index (χ0) is 6.97. The molecule has 1 aromatic heterocycles. The number of pyridine rings is 1. The van der Waals surface area contributed by atoms with Crippen molar-refractivity contribution >= 4 is 11.4 Å². The maximum absolute atomic E-state index is 3.99. The molecule has 3 heteroatoms. The predicted octanol–water partition coefficient (Wildman–Crippen LogP) is 1.26. The van der Waals surface area contributed by atoms with Gasteiger partial charge in [0.2, 0.25) is 0 Å². The maximum Gasteiger partial charge on any atom is 0.0936 e. The van der Waals surface area contributed by atoms with Gasteiger partial charge in [0.25, 0.3) is 0 Å². The van der Waals surface area contributed by atoms with Crippen molar-refractivity contribution in [3.8, 4) is 0 Å². The van der Waals surface area contributed by atoms with Crippen molar-refractivity contribution in [1.82, 2.24) is 4.98 Å². The third-order valence-corrected chi connectivity index (χ3v) is 1.57. The van der Waals surface area contributed by atoms with Crippen LogP contribution in [0.4, 0.5) is 11.4 Å². The van der Waals surface area contributed by atoms with Crippen LogP contribution in [0.15, 0.2) is 18.5 Å². The summed E-state index contributed by atoms with van der Waals surface area (Å²) in [7, 11) is 0. The predicted molar refractivity (Wildman–Crippen MR) is 40.9 cm³/mol. The number of nitrogens with zero attached hydrogens (tertiary/aromatic N) is 1. The lowest BCUT2D eigenvalue weighted by molar-refractivity contribution is 0.955. The standard InChI is InChI=1S/C7H9N3/c1-5-9-6-2-3-8-4-7(6)10-5/h2-5,9-10H,1H3. The third kappa shape index (κ3) is 0.708.